The minimum atomic E-state index is -0.489. The van der Waals surface area contributed by atoms with Crippen LogP contribution in [0.3, 0.4) is 0 Å². The van der Waals surface area contributed by atoms with Gasteiger partial charge < -0.3 is 10.3 Å². The van der Waals surface area contributed by atoms with Gasteiger partial charge in [0.15, 0.2) is 5.16 Å². The first-order valence-corrected chi connectivity index (χ1v) is 9.48. The molecule has 1 saturated carbocycles. The van der Waals surface area contributed by atoms with Crippen LogP contribution in [0.2, 0.25) is 0 Å². The average Bonchev–Trinajstić information content (AvgIpc) is 3.27. The molecule has 0 radical (unpaired) electrons. The summed E-state index contributed by atoms with van der Waals surface area (Å²) in [6, 6.07) is 5.78. The topological polar surface area (TPSA) is 86.9 Å². The fourth-order valence-corrected chi connectivity index (χ4v) is 3.65. The number of carbonyl (C=O) groups is 2. The van der Waals surface area contributed by atoms with Crippen molar-refractivity contribution in [1.29, 1.82) is 0 Å². The van der Waals surface area contributed by atoms with Crippen molar-refractivity contribution in [3.63, 3.8) is 0 Å². The lowest BCUT2D eigenvalue weighted by molar-refractivity contribution is -0.119. The number of carbonyl (C=O) groups excluding carboxylic acids is 2. The first-order chi connectivity index (χ1) is 12.5. The maximum Gasteiger partial charge on any atom is 0.321 e. The van der Waals surface area contributed by atoms with Crippen LogP contribution in [0.25, 0.3) is 11.3 Å². The van der Waals surface area contributed by atoms with Crippen molar-refractivity contribution in [2.45, 2.75) is 49.1 Å². The van der Waals surface area contributed by atoms with E-state index in [9.17, 15) is 14.0 Å². The van der Waals surface area contributed by atoms with E-state index in [0.29, 0.717) is 5.16 Å². The zero-order valence-electron chi connectivity index (χ0n) is 14.4. The number of urea groups is 1. The van der Waals surface area contributed by atoms with E-state index in [1.54, 1.807) is 25.3 Å². The third kappa shape index (κ3) is 4.85. The first-order valence-electron chi connectivity index (χ1n) is 8.60. The van der Waals surface area contributed by atoms with Crippen molar-refractivity contribution < 1.29 is 14.0 Å². The van der Waals surface area contributed by atoms with Crippen LogP contribution in [0, 0.1) is 5.82 Å². The summed E-state index contributed by atoms with van der Waals surface area (Å²) in [6.07, 6.45) is 5.78. The second kappa shape index (κ2) is 8.35. The highest BCUT2D eigenvalue weighted by Gasteiger charge is 2.21. The molecule has 1 aromatic carbocycles. The summed E-state index contributed by atoms with van der Waals surface area (Å²) in [5.74, 6) is -0.672. The number of amides is 3. The Kier molecular flexibility index (Phi) is 5.92. The molecule has 3 rings (SSSR count). The van der Waals surface area contributed by atoms with Gasteiger partial charge in [-0.25, -0.2) is 14.2 Å². The smallest absolute Gasteiger partial charge is 0.321 e. The maximum atomic E-state index is 13.0. The summed E-state index contributed by atoms with van der Waals surface area (Å²) in [5.41, 5.74) is 1.54. The second-order valence-electron chi connectivity index (χ2n) is 6.31. The van der Waals surface area contributed by atoms with Crippen molar-refractivity contribution in [3.8, 4) is 11.3 Å². The molecule has 1 heterocycles. The quantitative estimate of drug-likeness (QED) is 0.698. The lowest BCUT2D eigenvalue weighted by atomic mass is 10.2. The largest absolute Gasteiger partial charge is 0.335 e. The normalized spacial score (nSPS) is 15.6. The number of hydrogen-bond donors (Lipinski definition) is 3. The molecule has 1 fully saturated rings. The van der Waals surface area contributed by atoms with E-state index in [0.717, 1.165) is 36.9 Å². The van der Waals surface area contributed by atoms with Crippen LogP contribution in [0.5, 0.6) is 0 Å². The van der Waals surface area contributed by atoms with Crippen LogP contribution in [0.15, 0.2) is 35.6 Å². The van der Waals surface area contributed by atoms with Crippen LogP contribution in [0.1, 0.15) is 32.6 Å². The third-order valence-corrected chi connectivity index (χ3v) is 5.29. The Bertz CT molecular complexity index is 772. The average molecular weight is 376 g/mol. The molecule has 6 nitrogen and oxygen atoms in total. The van der Waals surface area contributed by atoms with Gasteiger partial charge >= 0.3 is 6.03 Å². The second-order valence-corrected chi connectivity index (χ2v) is 7.64. The Morgan fingerprint density at radius 1 is 1.27 bits per heavy atom. The van der Waals surface area contributed by atoms with Crippen LogP contribution in [-0.2, 0) is 4.79 Å². The predicted octanol–water partition coefficient (Wildman–Crippen LogP) is 3.46. The number of aromatic amines is 1. The maximum absolute atomic E-state index is 13.0. The summed E-state index contributed by atoms with van der Waals surface area (Å²) >= 11 is 1.22. The highest BCUT2D eigenvalue weighted by atomic mass is 32.2. The Hall–Kier alpha value is -2.35. The number of nitrogens with zero attached hydrogens (tertiary/aromatic N) is 1. The molecule has 0 spiro atoms. The standard InChI is InChI=1S/C18H21FN4O2S/c1-11(16(24)23-17(25)21-14-4-2-3-5-14)26-18-20-10-15(22-18)12-6-8-13(19)9-7-12/h6-11,14H,2-5H2,1H3,(H,20,22)(H2,21,23,24,25). The van der Waals surface area contributed by atoms with Crippen molar-refractivity contribution in [2.75, 3.05) is 0 Å². The Labute approximate surface area is 155 Å². The predicted molar refractivity (Wildman–Crippen MR) is 98.2 cm³/mol. The molecule has 0 bridgehead atoms. The minimum absolute atomic E-state index is 0.161. The number of aromatic nitrogens is 2. The van der Waals surface area contributed by atoms with E-state index >= 15 is 0 Å². The summed E-state index contributed by atoms with van der Waals surface area (Å²) < 4.78 is 13.0. The molecule has 3 N–H and O–H groups in total. The molecule has 1 unspecified atom stereocenters. The van der Waals surface area contributed by atoms with Gasteiger partial charge in [0, 0.05) is 6.04 Å². The SMILES string of the molecule is CC(Sc1ncc(-c2ccc(F)cc2)[nH]1)C(=O)NC(=O)NC1CCCC1. The lowest BCUT2D eigenvalue weighted by Gasteiger charge is -2.14. The number of imidazole rings is 1. The van der Waals surface area contributed by atoms with E-state index in [-0.39, 0.29) is 17.8 Å². The van der Waals surface area contributed by atoms with Crippen LogP contribution in [-0.4, -0.2) is 33.2 Å². The van der Waals surface area contributed by atoms with Crippen LogP contribution >= 0.6 is 11.8 Å². The van der Waals surface area contributed by atoms with Gasteiger partial charge in [0.25, 0.3) is 0 Å². The molecule has 1 aromatic heterocycles. The molecular weight excluding hydrogens is 355 g/mol. The van der Waals surface area contributed by atoms with Gasteiger partial charge in [-0.1, -0.05) is 24.6 Å². The van der Waals surface area contributed by atoms with Crippen molar-refractivity contribution in [2.24, 2.45) is 0 Å². The monoisotopic (exact) mass is 376 g/mol. The summed E-state index contributed by atoms with van der Waals surface area (Å²) in [5, 5.41) is 5.27. The van der Waals surface area contributed by atoms with Gasteiger partial charge in [0.1, 0.15) is 5.82 Å². The van der Waals surface area contributed by atoms with Gasteiger partial charge in [-0.05, 0) is 49.6 Å². The van der Waals surface area contributed by atoms with E-state index in [2.05, 4.69) is 20.6 Å². The van der Waals surface area contributed by atoms with Gasteiger partial charge in [-0.15, -0.1) is 0 Å². The molecule has 1 aliphatic carbocycles. The zero-order valence-corrected chi connectivity index (χ0v) is 15.2. The summed E-state index contributed by atoms with van der Waals surface area (Å²) in [4.78, 5) is 31.4. The molecule has 1 atom stereocenters. The number of nitrogens with one attached hydrogen (secondary N) is 3. The molecule has 2 aromatic rings. The van der Waals surface area contributed by atoms with Crippen LogP contribution < -0.4 is 10.6 Å². The molecule has 8 heteroatoms. The first kappa shape index (κ1) is 18.4. The number of benzene rings is 1. The third-order valence-electron chi connectivity index (χ3n) is 4.29. The molecule has 0 aliphatic heterocycles. The number of rotatable bonds is 5. The van der Waals surface area contributed by atoms with E-state index in [4.69, 9.17) is 0 Å². The highest BCUT2D eigenvalue weighted by Crippen LogP contribution is 2.24. The summed E-state index contributed by atoms with van der Waals surface area (Å²) in [6.45, 7) is 1.71. The Morgan fingerprint density at radius 3 is 2.65 bits per heavy atom. The fourth-order valence-electron chi connectivity index (χ4n) is 2.87. The Balaban J connectivity index is 1.52. The molecule has 26 heavy (non-hydrogen) atoms. The minimum Gasteiger partial charge on any atom is -0.335 e. The van der Waals surface area contributed by atoms with Crippen molar-refractivity contribution in [3.05, 3.63) is 36.3 Å². The number of halogens is 1. The van der Waals surface area contributed by atoms with Gasteiger partial charge in [0.05, 0.1) is 17.1 Å². The van der Waals surface area contributed by atoms with Gasteiger partial charge in [0.2, 0.25) is 5.91 Å². The lowest BCUT2D eigenvalue weighted by Crippen LogP contribution is -2.45. The molecule has 1 aliphatic rings. The highest BCUT2D eigenvalue weighted by molar-refractivity contribution is 8.00. The van der Waals surface area contributed by atoms with E-state index in [1.807, 2.05) is 0 Å². The van der Waals surface area contributed by atoms with E-state index in [1.165, 1.54) is 23.9 Å². The number of H-pyrrole nitrogens is 1. The summed E-state index contributed by atoms with van der Waals surface area (Å²) in [7, 11) is 0. The van der Waals surface area contributed by atoms with Crippen molar-refractivity contribution in [1.82, 2.24) is 20.6 Å². The van der Waals surface area contributed by atoms with Gasteiger partial charge in [-0.2, -0.15) is 0 Å². The van der Waals surface area contributed by atoms with Crippen molar-refractivity contribution >= 4 is 23.7 Å². The molecular formula is C18H21FN4O2S. The molecule has 138 valence electrons. The molecule has 3 amide bonds. The van der Waals surface area contributed by atoms with Crippen LogP contribution in [0.4, 0.5) is 9.18 Å². The number of imide groups is 1. The Morgan fingerprint density at radius 2 is 1.96 bits per heavy atom. The molecule has 0 saturated heterocycles. The number of thioether (sulfide) groups is 1. The number of hydrogen-bond acceptors (Lipinski definition) is 4. The fraction of sp³-hybridized carbons (Fsp3) is 0.389. The van der Waals surface area contributed by atoms with Gasteiger partial charge in [-0.3, -0.25) is 10.1 Å². The van der Waals surface area contributed by atoms with E-state index < -0.39 is 11.3 Å². The zero-order chi connectivity index (χ0) is 18.5.